The summed E-state index contributed by atoms with van der Waals surface area (Å²) in [5, 5.41) is 19.7. The average Bonchev–Trinajstić information content (AvgIpc) is 2.36. The Balaban J connectivity index is 2.55. The molecule has 18 heavy (non-hydrogen) atoms. The molecule has 0 fully saturated rings. The van der Waals surface area contributed by atoms with Crippen LogP contribution in [0.15, 0.2) is 24.3 Å². The van der Waals surface area contributed by atoms with Crippen molar-refractivity contribution in [2.45, 2.75) is 12.5 Å². The fourth-order valence-corrected chi connectivity index (χ4v) is 1.36. The van der Waals surface area contributed by atoms with Crippen LogP contribution in [0.4, 0.5) is 0 Å². The Bertz CT molecular complexity index is 415. The van der Waals surface area contributed by atoms with E-state index < -0.39 is 24.5 Å². The van der Waals surface area contributed by atoms with Crippen LogP contribution in [0.25, 0.3) is 0 Å². The van der Waals surface area contributed by atoms with Crippen molar-refractivity contribution in [3.8, 4) is 5.75 Å². The van der Waals surface area contributed by atoms with E-state index in [1.54, 1.807) is 31.4 Å². The lowest BCUT2D eigenvalue weighted by Crippen LogP contribution is -2.43. The number of nitrogens with one attached hydrogen (secondary N) is 1. The molecule has 0 saturated carbocycles. The first-order valence-corrected chi connectivity index (χ1v) is 5.32. The maximum absolute atomic E-state index is 11.5. The summed E-state index contributed by atoms with van der Waals surface area (Å²) >= 11 is 0. The molecule has 1 atom stereocenters. The van der Waals surface area contributed by atoms with Gasteiger partial charge in [0, 0.05) is 0 Å². The Labute approximate surface area is 104 Å². The van der Waals surface area contributed by atoms with Crippen molar-refractivity contribution in [3.63, 3.8) is 0 Å². The Morgan fingerprint density at radius 1 is 1.33 bits per heavy atom. The van der Waals surface area contributed by atoms with Gasteiger partial charge in [-0.1, -0.05) is 12.1 Å². The molecular formula is C12H15NO5. The van der Waals surface area contributed by atoms with Crippen molar-refractivity contribution in [1.82, 2.24) is 5.32 Å². The van der Waals surface area contributed by atoms with Gasteiger partial charge in [0.1, 0.15) is 11.8 Å². The molecular weight excluding hydrogens is 238 g/mol. The maximum atomic E-state index is 11.5. The van der Waals surface area contributed by atoms with Crippen LogP contribution in [0.3, 0.4) is 0 Å². The molecule has 0 unspecified atom stereocenters. The molecule has 0 bridgehead atoms. The molecule has 0 spiro atoms. The number of aliphatic carboxylic acids is 1. The van der Waals surface area contributed by atoms with Gasteiger partial charge in [-0.25, -0.2) is 4.79 Å². The highest BCUT2D eigenvalue weighted by molar-refractivity contribution is 5.84. The number of benzene rings is 1. The molecule has 0 radical (unpaired) electrons. The average molecular weight is 253 g/mol. The van der Waals surface area contributed by atoms with E-state index in [0.29, 0.717) is 5.75 Å². The van der Waals surface area contributed by atoms with Gasteiger partial charge in [0.2, 0.25) is 5.91 Å². The van der Waals surface area contributed by atoms with Crippen molar-refractivity contribution in [2.75, 3.05) is 13.7 Å². The summed E-state index contributed by atoms with van der Waals surface area (Å²) in [6.07, 6.45) is 0.0494. The van der Waals surface area contributed by atoms with Gasteiger partial charge in [-0.2, -0.15) is 0 Å². The number of methoxy groups -OCH3 is 1. The van der Waals surface area contributed by atoms with Crippen molar-refractivity contribution in [3.05, 3.63) is 29.8 Å². The van der Waals surface area contributed by atoms with Crippen LogP contribution in [-0.4, -0.2) is 41.8 Å². The van der Waals surface area contributed by atoms with E-state index in [9.17, 15) is 9.59 Å². The van der Waals surface area contributed by atoms with E-state index >= 15 is 0 Å². The molecule has 3 N–H and O–H groups in total. The highest BCUT2D eigenvalue weighted by atomic mass is 16.5. The quantitative estimate of drug-likeness (QED) is 0.652. The van der Waals surface area contributed by atoms with Crippen molar-refractivity contribution >= 4 is 11.9 Å². The number of carbonyl (C=O) groups is 2. The number of hydrogen-bond donors (Lipinski definition) is 3. The second-order valence-electron chi connectivity index (χ2n) is 3.67. The third-order valence-electron chi connectivity index (χ3n) is 2.34. The first-order valence-electron chi connectivity index (χ1n) is 5.32. The molecule has 6 nitrogen and oxygen atoms in total. The SMILES string of the molecule is COc1ccc(CC(=O)N[C@@H](CO)C(=O)O)cc1. The van der Waals surface area contributed by atoms with Crippen molar-refractivity contribution < 1.29 is 24.5 Å². The second kappa shape index (κ2) is 6.61. The van der Waals surface area contributed by atoms with E-state index in [1.165, 1.54) is 0 Å². The van der Waals surface area contributed by atoms with Gasteiger partial charge in [0.15, 0.2) is 0 Å². The monoisotopic (exact) mass is 253 g/mol. The Hall–Kier alpha value is -2.08. The lowest BCUT2D eigenvalue weighted by molar-refractivity contribution is -0.142. The van der Waals surface area contributed by atoms with E-state index in [2.05, 4.69) is 5.32 Å². The first-order chi connectivity index (χ1) is 8.56. The van der Waals surface area contributed by atoms with Gasteiger partial charge in [0.25, 0.3) is 0 Å². The maximum Gasteiger partial charge on any atom is 0.328 e. The fraction of sp³-hybridized carbons (Fsp3) is 0.333. The molecule has 1 aromatic carbocycles. The highest BCUT2D eigenvalue weighted by Crippen LogP contribution is 2.11. The standard InChI is InChI=1S/C12H15NO5/c1-18-9-4-2-8(3-5-9)6-11(15)13-10(7-14)12(16)17/h2-5,10,14H,6-7H2,1H3,(H,13,15)(H,16,17)/t10-/m0/s1. The third-order valence-corrected chi connectivity index (χ3v) is 2.34. The van der Waals surface area contributed by atoms with Gasteiger partial charge in [-0.15, -0.1) is 0 Å². The van der Waals surface area contributed by atoms with Gasteiger partial charge >= 0.3 is 5.97 Å². The predicted octanol–water partition coefficient (Wildman–Crippen LogP) is -0.201. The summed E-state index contributed by atoms with van der Waals surface area (Å²) in [6.45, 7) is -0.635. The molecule has 1 aromatic rings. The molecule has 0 aromatic heterocycles. The van der Waals surface area contributed by atoms with Crippen LogP contribution >= 0.6 is 0 Å². The van der Waals surface area contributed by atoms with Crippen molar-refractivity contribution in [1.29, 1.82) is 0 Å². The molecule has 0 saturated heterocycles. The number of aliphatic hydroxyl groups excluding tert-OH is 1. The van der Waals surface area contributed by atoms with E-state index in [0.717, 1.165) is 5.56 Å². The number of carboxylic acid groups (broad SMARTS) is 1. The van der Waals surface area contributed by atoms with Crippen LogP contribution in [0.1, 0.15) is 5.56 Å². The summed E-state index contributed by atoms with van der Waals surface area (Å²) in [6, 6.07) is 5.59. The zero-order valence-electron chi connectivity index (χ0n) is 9.92. The normalized spacial score (nSPS) is 11.7. The summed E-state index contributed by atoms with van der Waals surface area (Å²) in [4.78, 5) is 22.1. The van der Waals surface area contributed by atoms with Crippen LogP contribution in [0.2, 0.25) is 0 Å². The Kier molecular flexibility index (Phi) is 5.13. The van der Waals surface area contributed by atoms with Crippen LogP contribution in [0, 0.1) is 0 Å². The number of carbonyl (C=O) groups excluding carboxylic acids is 1. The van der Waals surface area contributed by atoms with E-state index in [1.807, 2.05) is 0 Å². The molecule has 1 amide bonds. The minimum Gasteiger partial charge on any atom is -0.497 e. The lowest BCUT2D eigenvalue weighted by Gasteiger charge is -2.11. The van der Waals surface area contributed by atoms with Crippen LogP contribution in [0.5, 0.6) is 5.75 Å². The summed E-state index contributed by atoms with van der Waals surface area (Å²) < 4.78 is 4.98. The number of amides is 1. The summed E-state index contributed by atoms with van der Waals surface area (Å²) in [5.41, 5.74) is 0.732. The zero-order valence-corrected chi connectivity index (χ0v) is 9.92. The minimum atomic E-state index is -1.27. The highest BCUT2D eigenvalue weighted by Gasteiger charge is 2.18. The Morgan fingerprint density at radius 2 is 1.94 bits per heavy atom. The number of rotatable bonds is 6. The smallest absolute Gasteiger partial charge is 0.328 e. The topological polar surface area (TPSA) is 95.9 Å². The molecule has 98 valence electrons. The van der Waals surface area contributed by atoms with E-state index in [-0.39, 0.29) is 6.42 Å². The lowest BCUT2D eigenvalue weighted by atomic mass is 10.1. The predicted molar refractivity (Wildman–Crippen MR) is 63.4 cm³/mol. The fourth-order valence-electron chi connectivity index (χ4n) is 1.36. The molecule has 0 aliphatic heterocycles. The second-order valence-corrected chi connectivity index (χ2v) is 3.67. The molecule has 0 heterocycles. The van der Waals surface area contributed by atoms with Gasteiger partial charge in [-0.05, 0) is 17.7 Å². The molecule has 6 heteroatoms. The van der Waals surface area contributed by atoms with Gasteiger partial charge in [0.05, 0.1) is 20.1 Å². The van der Waals surface area contributed by atoms with E-state index in [4.69, 9.17) is 14.9 Å². The Morgan fingerprint density at radius 3 is 2.39 bits per heavy atom. The zero-order chi connectivity index (χ0) is 13.5. The summed E-state index contributed by atoms with van der Waals surface area (Å²) in [7, 11) is 1.54. The molecule has 1 rings (SSSR count). The molecule has 0 aliphatic carbocycles. The first kappa shape index (κ1) is 14.0. The number of aliphatic hydroxyl groups is 1. The third kappa shape index (κ3) is 4.06. The summed E-state index contributed by atoms with van der Waals surface area (Å²) in [5.74, 6) is -1.04. The van der Waals surface area contributed by atoms with Gasteiger partial charge in [-0.3, -0.25) is 4.79 Å². The van der Waals surface area contributed by atoms with Crippen LogP contribution < -0.4 is 10.1 Å². The number of hydrogen-bond acceptors (Lipinski definition) is 4. The minimum absolute atomic E-state index is 0.0494. The number of carboxylic acids is 1. The van der Waals surface area contributed by atoms with Gasteiger partial charge < -0.3 is 20.3 Å². The van der Waals surface area contributed by atoms with Crippen molar-refractivity contribution in [2.24, 2.45) is 0 Å². The molecule has 0 aliphatic rings. The largest absolute Gasteiger partial charge is 0.497 e. The van der Waals surface area contributed by atoms with Crippen LogP contribution in [-0.2, 0) is 16.0 Å². The number of ether oxygens (including phenoxy) is 1.